The monoisotopic (exact) mass is 466 g/mol. The molecule has 3 N–H and O–H groups in total. The topological polar surface area (TPSA) is 82.6 Å². The number of sulfonamides is 1. The zero-order chi connectivity index (χ0) is 17.5. The van der Waals surface area contributed by atoms with Crippen LogP contribution in [-0.4, -0.2) is 33.5 Å². The molecule has 0 bridgehead atoms. The maximum Gasteiger partial charge on any atom is 0.241 e. The Morgan fingerprint density at radius 2 is 1.88 bits per heavy atom. The van der Waals surface area contributed by atoms with E-state index in [4.69, 9.17) is 0 Å². The van der Waals surface area contributed by atoms with Crippen molar-refractivity contribution in [1.29, 1.82) is 0 Å². The molecule has 0 aliphatic carbocycles. The Balaban J connectivity index is 0.00000529. The highest BCUT2D eigenvalue weighted by Gasteiger charge is 2.24. The summed E-state index contributed by atoms with van der Waals surface area (Å²) in [6.07, 6.45) is 1.72. The molecular formula is C16H27IN4O2S. The lowest BCUT2D eigenvalue weighted by Crippen LogP contribution is -2.41. The van der Waals surface area contributed by atoms with Crippen molar-refractivity contribution in [1.82, 2.24) is 15.4 Å². The summed E-state index contributed by atoms with van der Waals surface area (Å²) in [5.41, 5.74) is 0.131. The van der Waals surface area contributed by atoms with E-state index in [1.807, 2.05) is 26.8 Å². The third-order valence-electron chi connectivity index (χ3n) is 2.79. The number of halogens is 1. The Labute approximate surface area is 162 Å². The van der Waals surface area contributed by atoms with Gasteiger partial charge in [-0.1, -0.05) is 24.3 Å². The molecule has 0 saturated carbocycles. The van der Waals surface area contributed by atoms with Gasteiger partial charge in [-0.3, -0.25) is 4.99 Å². The highest BCUT2D eigenvalue weighted by Crippen LogP contribution is 2.17. The second-order valence-corrected chi connectivity index (χ2v) is 7.71. The number of nitrogens with one attached hydrogen (secondary N) is 3. The fourth-order valence-corrected chi connectivity index (χ4v) is 3.60. The Hall–Kier alpha value is -1.13. The fourth-order valence-electron chi connectivity index (χ4n) is 1.94. The van der Waals surface area contributed by atoms with E-state index in [0.29, 0.717) is 24.6 Å². The van der Waals surface area contributed by atoms with Crippen LogP contribution in [0.4, 0.5) is 0 Å². The van der Waals surface area contributed by atoms with Gasteiger partial charge in [0.2, 0.25) is 10.0 Å². The zero-order valence-electron chi connectivity index (χ0n) is 14.6. The molecule has 1 rings (SSSR count). The molecule has 1 aromatic carbocycles. The summed E-state index contributed by atoms with van der Waals surface area (Å²) in [7, 11) is -1.93. The van der Waals surface area contributed by atoms with Crippen LogP contribution in [-0.2, 0) is 16.6 Å². The normalized spacial score (nSPS) is 12.2. The molecule has 24 heavy (non-hydrogen) atoms. The molecule has 0 fully saturated rings. The van der Waals surface area contributed by atoms with Gasteiger partial charge in [0.05, 0.1) is 4.90 Å². The van der Waals surface area contributed by atoms with Crippen molar-refractivity contribution in [2.45, 2.75) is 37.8 Å². The molecule has 0 heterocycles. The van der Waals surface area contributed by atoms with E-state index in [-0.39, 0.29) is 28.9 Å². The van der Waals surface area contributed by atoms with Crippen LogP contribution in [0.25, 0.3) is 0 Å². The second-order valence-electron chi connectivity index (χ2n) is 6.06. The van der Waals surface area contributed by atoms with Crippen LogP contribution in [0.3, 0.4) is 0 Å². The quantitative estimate of drug-likeness (QED) is 0.260. The first-order chi connectivity index (χ1) is 10.7. The van der Waals surface area contributed by atoms with Crippen LogP contribution in [0.2, 0.25) is 0 Å². The molecular weight excluding hydrogens is 439 g/mol. The third-order valence-corrected chi connectivity index (χ3v) is 4.64. The van der Waals surface area contributed by atoms with Crippen LogP contribution in [0.5, 0.6) is 0 Å². The second kappa shape index (κ2) is 10.00. The van der Waals surface area contributed by atoms with E-state index in [1.54, 1.807) is 31.3 Å². The van der Waals surface area contributed by atoms with Gasteiger partial charge in [-0.25, -0.2) is 13.1 Å². The summed E-state index contributed by atoms with van der Waals surface area (Å²) in [4.78, 5) is 4.34. The highest BCUT2D eigenvalue weighted by atomic mass is 127. The van der Waals surface area contributed by atoms with Crippen LogP contribution in [0.1, 0.15) is 26.3 Å². The predicted octanol–water partition coefficient (Wildman–Crippen LogP) is 2.23. The van der Waals surface area contributed by atoms with Crippen molar-refractivity contribution < 1.29 is 8.42 Å². The first-order valence-electron chi connectivity index (χ1n) is 7.37. The summed E-state index contributed by atoms with van der Waals surface area (Å²) in [5, 5.41) is 6.14. The molecule has 136 valence electrons. The number of benzene rings is 1. The van der Waals surface area contributed by atoms with Crippen molar-refractivity contribution in [3.8, 4) is 0 Å². The Bertz CT molecular complexity index is 667. The first-order valence-corrected chi connectivity index (χ1v) is 8.85. The van der Waals surface area contributed by atoms with E-state index in [1.165, 1.54) is 0 Å². The summed E-state index contributed by atoms with van der Waals surface area (Å²) in [6.45, 7) is 9.99. The van der Waals surface area contributed by atoms with Crippen molar-refractivity contribution in [2.75, 3.05) is 13.6 Å². The third kappa shape index (κ3) is 7.63. The molecule has 8 heteroatoms. The van der Waals surface area contributed by atoms with E-state index in [9.17, 15) is 8.42 Å². The van der Waals surface area contributed by atoms with Crippen molar-refractivity contribution in [3.05, 3.63) is 42.5 Å². The predicted molar refractivity (Wildman–Crippen MR) is 110 cm³/mol. The Morgan fingerprint density at radius 3 is 2.42 bits per heavy atom. The number of aliphatic imine (C=N–C) groups is 1. The number of nitrogens with zero attached hydrogens (tertiary/aromatic N) is 1. The molecule has 0 saturated heterocycles. The lowest BCUT2D eigenvalue weighted by Gasteiger charge is -2.22. The minimum atomic E-state index is -3.59. The molecule has 6 nitrogen and oxygen atoms in total. The molecule has 1 aromatic rings. The molecule has 0 aliphatic heterocycles. The molecule has 0 radical (unpaired) electrons. The average Bonchev–Trinajstić information content (AvgIpc) is 2.45. The smallest absolute Gasteiger partial charge is 0.241 e. The lowest BCUT2D eigenvalue weighted by molar-refractivity contribution is 0.491. The minimum absolute atomic E-state index is 0. The van der Waals surface area contributed by atoms with Gasteiger partial charge in [0.15, 0.2) is 5.96 Å². The maximum atomic E-state index is 12.6. The molecule has 0 aliphatic rings. The van der Waals surface area contributed by atoms with E-state index in [0.717, 1.165) is 0 Å². The summed E-state index contributed by atoms with van der Waals surface area (Å²) in [6, 6.07) is 6.91. The largest absolute Gasteiger partial charge is 0.353 e. The number of hydrogen-bond acceptors (Lipinski definition) is 3. The van der Waals surface area contributed by atoms with Gasteiger partial charge < -0.3 is 10.6 Å². The van der Waals surface area contributed by atoms with E-state index < -0.39 is 15.6 Å². The number of rotatable bonds is 6. The van der Waals surface area contributed by atoms with Gasteiger partial charge in [0.25, 0.3) is 0 Å². The van der Waals surface area contributed by atoms with Crippen LogP contribution in [0, 0.1) is 0 Å². The number of hydrogen-bond donors (Lipinski definition) is 3. The SMILES string of the molecule is C=CCNC(=NC)NCc1ccccc1S(=O)(=O)NC(C)(C)C.I. The number of guanidine groups is 1. The van der Waals surface area contributed by atoms with Gasteiger partial charge in [-0.05, 0) is 32.4 Å². The molecule has 0 spiro atoms. The first kappa shape index (κ1) is 22.9. The average molecular weight is 466 g/mol. The van der Waals surface area contributed by atoms with E-state index >= 15 is 0 Å². The summed E-state index contributed by atoms with van der Waals surface area (Å²) < 4.78 is 27.8. The summed E-state index contributed by atoms with van der Waals surface area (Å²) in [5.74, 6) is 0.584. The molecule has 0 aromatic heterocycles. The molecule has 0 unspecified atom stereocenters. The molecule has 0 amide bonds. The van der Waals surface area contributed by atoms with Crippen LogP contribution >= 0.6 is 24.0 Å². The Morgan fingerprint density at radius 1 is 1.25 bits per heavy atom. The van der Waals surface area contributed by atoms with Gasteiger partial charge in [-0.15, -0.1) is 30.6 Å². The van der Waals surface area contributed by atoms with Gasteiger partial charge in [0.1, 0.15) is 0 Å². The maximum absolute atomic E-state index is 12.6. The zero-order valence-corrected chi connectivity index (χ0v) is 17.7. The lowest BCUT2D eigenvalue weighted by atomic mass is 10.1. The van der Waals surface area contributed by atoms with Crippen molar-refractivity contribution in [3.63, 3.8) is 0 Å². The van der Waals surface area contributed by atoms with Crippen LogP contribution < -0.4 is 15.4 Å². The summed E-state index contributed by atoms with van der Waals surface area (Å²) >= 11 is 0. The van der Waals surface area contributed by atoms with Gasteiger partial charge >= 0.3 is 0 Å². The highest BCUT2D eigenvalue weighted by molar-refractivity contribution is 14.0. The van der Waals surface area contributed by atoms with E-state index in [2.05, 4.69) is 26.9 Å². The van der Waals surface area contributed by atoms with Crippen molar-refractivity contribution in [2.24, 2.45) is 4.99 Å². The standard InChI is InChI=1S/C16H26N4O2S.HI/c1-6-11-18-15(17-5)19-12-13-9-7-8-10-14(13)23(21,22)20-16(2,3)4;/h6-10,20H,1,11-12H2,2-5H3,(H2,17,18,19);1H. The molecule has 0 atom stereocenters. The fraction of sp³-hybridized carbons (Fsp3) is 0.438. The minimum Gasteiger partial charge on any atom is -0.353 e. The Kier molecular flexibility index (Phi) is 9.53. The van der Waals surface area contributed by atoms with Gasteiger partial charge in [-0.2, -0.15) is 0 Å². The van der Waals surface area contributed by atoms with Gasteiger partial charge in [0, 0.05) is 25.7 Å². The van der Waals surface area contributed by atoms with Crippen molar-refractivity contribution >= 4 is 40.0 Å². The van der Waals surface area contributed by atoms with Crippen LogP contribution in [0.15, 0.2) is 46.8 Å².